The Morgan fingerprint density at radius 3 is 2.30 bits per heavy atom. The van der Waals surface area contributed by atoms with E-state index in [2.05, 4.69) is 5.32 Å². The Kier molecular flexibility index (Phi) is 2.88. The Morgan fingerprint density at radius 2 is 1.80 bits per heavy atom. The minimum absolute atomic E-state index is 0.132. The number of hydrogen-bond acceptors (Lipinski definition) is 2. The van der Waals surface area contributed by atoms with Crippen LogP contribution in [0.25, 0.3) is 0 Å². The average molecular weight is 294 g/mol. The average Bonchev–Trinajstić information content (AvgIpc) is 2.81. The Hall–Kier alpha value is -0.960. The van der Waals surface area contributed by atoms with E-state index in [1.54, 1.807) is 12.1 Å². The zero-order valence-electron chi connectivity index (χ0n) is 11.5. The molecule has 4 saturated carbocycles. The van der Waals surface area contributed by atoms with Crippen LogP contribution >= 0.6 is 11.6 Å². The van der Waals surface area contributed by atoms with Gasteiger partial charge < -0.3 is 9.73 Å². The predicted octanol–water partition coefficient (Wildman–Crippen LogP) is 3.88. The molecule has 0 aromatic carbocycles. The van der Waals surface area contributed by atoms with Gasteiger partial charge in [0.15, 0.2) is 11.0 Å². The van der Waals surface area contributed by atoms with E-state index >= 15 is 0 Å². The standard InChI is InChI=1S/C16H20ClNO2/c17-14-2-1-13(20-14)15(19)18-9-16-6-10-3-11(7-16)5-12(4-10)8-16/h1-2,10-12H,3-9H2,(H,18,19). The molecule has 0 spiro atoms. The van der Waals surface area contributed by atoms with Crippen molar-refractivity contribution < 1.29 is 9.21 Å². The van der Waals surface area contributed by atoms with Crippen LogP contribution in [0.2, 0.25) is 5.22 Å². The number of hydrogen-bond donors (Lipinski definition) is 1. The van der Waals surface area contributed by atoms with E-state index in [4.69, 9.17) is 16.0 Å². The fourth-order valence-electron chi connectivity index (χ4n) is 5.30. The summed E-state index contributed by atoms with van der Waals surface area (Å²) in [5.41, 5.74) is 0.362. The number of carbonyl (C=O) groups excluding carboxylic acids is 1. The highest BCUT2D eigenvalue weighted by Gasteiger charge is 2.50. The van der Waals surface area contributed by atoms with Gasteiger partial charge in [-0.1, -0.05) is 0 Å². The highest BCUT2D eigenvalue weighted by Crippen LogP contribution is 2.59. The third-order valence-corrected chi connectivity index (χ3v) is 5.79. The normalized spacial score (nSPS) is 38.1. The summed E-state index contributed by atoms with van der Waals surface area (Å²) in [7, 11) is 0. The van der Waals surface area contributed by atoms with Gasteiger partial charge in [0, 0.05) is 6.54 Å². The molecule has 4 heteroatoms. The largest absolute Gasteiger partial charge is 0.440 e. The monoisotopic (exact) mass is 293 g/mol. The van der Waals surface area contributed by atoms with Crippen molar-refractivity contribution in [3.63, 3.8) is 0 Å². The molecule has 1 amide bonds. The number of carbonyl (C=O) groups is 1. The lowest BCUT2D eigenvalue weighted by atomic mass is 9.49. The SMILES string of the molecule is O=C(NCC12CC3CC(CC(C3)C1)C2)c1ccc(Cl)o1. The number of amides is 1. The fraction of sp³-hybridized carbons (Fsp3) is 0.688. The Labute approximate surface area is 124 Å². The van der Waals surface area contributed by atoms with Crippen LogP contribution in [0, 0.1) is 23.2 Å². The quantitative estimate of drug-likeness (QED) is 0.919. The van der Waals surface area contributed by atoms with Gasteiger partial charge in [0.1, 0.15) is 0 Å². The van der Waals surface area contributed by atoms with Crippen molar-refractivity contribution in [2.24, 2.45) is 23.2 Å². The molecule has 4 bridgehead atoms. The molecular weight excluding hydrogens is 274 g/mol. The maximum absolute atomic E-state index is 12.1. The van der Waals surface area contributed by atoms with E-state index in [0.717, 1.165) is 24.3 Å². The summed E-state index contributed by atoms with van der Waals surface area (Å²) in [4.78, 5) is 12.1. The first-order chi connectivity index (χ1) is 9.62. The lowest BCUT2D eigenvalue weighted by molar-refractivity contribution is -0.0504. The summed E-state index contributed by atoms with van der Waals surface area (Å²) >= 11 is 5.71. The molecule has 1 N–H and O–H groups in total. The van der Waals surface area contributed by atoms with Crippen LogP contribution in [-0.4, -0.2) is 12.5 Å². The predicted molar refractivity (Wildman–Crippen MR) is 76.7 cm³/mol. The number of furan rings is 1. The summed E-state index contributed by atoms with van der Waals surface area (Å²) in [6.07, 6.45) is 8.21. The Balaban J connectivity index is 1.43. The van der Waals surface area contributed by atoms with Gasteiger partial charge in [0.05, 0.1) is 0 Å². The molecule has 108 valence electrons. The van der Waals surface area contributed by atoms with Gasteiger partial charge in [0.2, 0.25) is 0 Å². The zero-order valence-corrected chi connectivity index (χ0v) is 12.3. The zero-order chi connectivity index (χ0) is 13.7. The number of nitrogens with one attached hydrogen (secondary N) is 1. The van der Waals surface area contributed by atoms with Gasteiger partial charge in [-0.05, 0) is 85.4 Å². The van der Waals surface area contributed by atoms with E-state index in [9.17, 15) is 4.79 Å². The second-order valence-corrected chi connectivity index (χ2v) is 7.58. The molecule has 1 heterocycles. The second kappa shape index (κ2) is 4.52. The molecule has 0 saturated heterocycles. The smallest absolute Gasteiger partial charge is 0.287 e. The van der Waals surface area contributed by atoms with Crippen molar-refractivity contribution >= 4 is 17.5 Å². The van der Waals surface area contributed by atoms with Crippen LogP contribution in [0.15, 0.2) is 16.5 Å². The maximum atomic E-state index is 12.1. The maximum Gasteiger partial charge on any atom is 0.287 e. The molecule has 0 unspecified atom stereocenters. The molecular formula is C16H20ClNO2. The van der Waals surface area contributed by atoms with E-state index in [1.807, 2.05) is 0 Å². The van der Waals surface area contributed by atoms with E-state index in [0.29, 0.717) is 11.2 Å². The summed E-state index contributed by atoms with van der Waals surface area (Å²) in [6.45, 7) is 0.799. The van der Waals surface area contributed by atoms with Gasteiger partial charge in [-0.15, -0.1) is 0 Å². The molecule has 20 heavy (non-hydrogen) atoms. The molecule has 1 aromatic heterocycles. The van der Waals surface area contributed by atoms with E-state index in [1.165, 1.54) is 38.5 Å². The third kappa shape index (κ3) is 2.16. The van der Waals surface area contributed by atoms with E-state index < -0.39 is 0 Å². The van der Waals surface area contributed by atoms with Crippen molar-refractivity contribution in [3.05, 3.63) is 23.1 Å². The van der Waals surface area contributed by atoms with Crippen LogP contribution in [0.1, 0.15) is 49.1 Å². The first-order valence-electron chi connectivity index (χ1n) is 7.65. The van der Waals surface area contributed by atoms with Crippen LogP contribution < -0.4 is 5.32 Å². The number of rotatable bonds is 3. The van der Waals surface area contributed by atoms with Gasteiger partial charge in [-0.2, -0.15) is 0 Å². The van der Waals surface area contributed by atoms with Crippen LogP contribution in [-0.2, 0) is 0 Å². The minimum atomic E-state index is -0.132. The third-order valence-electron chi connectivity index (χ3n) is 5.59. The summed E-state index contributed by atoms with van der Waals surface area (Å²) in [5, 5.41) is 3.35. The van der Waals surface area contributed by atoms with Crippen molar-refractivity contribution in [2.45, 2.75) is 38.5 Å². The van der Waals surface area contributed by atoms with Crippen LogP contribution in [0.3, 0.4) is 0 Å². The first kappa shape index (κ1) is 12.8. The topological polar surface area (TPSA) is 42.2 Å². The van der Waals surface area contributed by atoms with Crippen LogP contribution in [0.5, 0.6) is 0 Å². The second-order valence-electron chi connectivity index (χ2n) is 7.20. The highest BCUT2D eigenvalue weighted by atomic mass is 35.5. The molecule has 3 nitrogen and oxygen atoms in total. The highest BCUT2D eigenvalue weighted by molar-refractivity contribution is 6.29. The molecule has 0 atom stereocenters. The Bertz CT molecular complexity index is 501. The van der Waals surface area contributed by atoms with Gasteiger partial charge in [0.25, 0.3) is 5.91 Å². The van der Waals surface area contributed by atoms with Crippen molar-refractivity contribution in [1.29, 1.82) is 0 Å². The van der Waals surface area contributed by atoms with Crippen molar-refractivity contribution in [2.75, 3.05) is 6.54 Å². The van der Waals surface area contributed by atoms with Gasteiger partial charge in [-0.3, -0.25) is 4.79 Å². The summed E-state index contributed by atoms with van der Waals surface area (Å²) < 4.78 is 5.17. The first-order valence-corrected chi connectivity index (χ1v) is 8.03. The van der Waals surface area contributed by atoms with Gasteiger partial charge in [-0.25, -0.2) is 0 Å². The molecule has 4 aliphatic rings. The minimum Gasteiger partial charge on any atom is -0.440 e. The van der Waals surface area contributed by atoms with Crippen molar-refractivity contribution in [3.8, 4) is 0 Å². The summed E-state index contributed by atoms with van der Waals surface area (Å²) in [6, 6.07) is 3.25. The van der Waals surface area contributed by atoms with Gasteiger partial charge >= 0.3 is 0 Å². The lowest BCUT2D eigenvalue weighted by Crippen LogP contribution is -2.51. The fourth-order valence-corrected chi connectivity index (χ4v) is 5.44. The molecule has 4 aliphatic carbocycles. The van der Waals surface area contributed by atoms with E-state index in [-0.39, 0.29) is 11.1 Å². The molecule has 4 fully saturated rings. The van der Waals surface area contributed by atoms with Crippen LogP contribution in [0.4, 0.5) is 0 Å². The number of halogens is 1. The molecule has 5 rings (SSSR count). The lowest BCUT2D eigenvalue weighted by Gasteiger charge is -2.56. The Morgan fingerprint density at radius 1 is 1.20 bits per heavy atom. The molecule has 1 aromatic rings. The molecule has 0 radical (unpaired) electrons. The van der Waals surface area contributed by atoms with Crippen molar-refractivity contribution in [1.82, 2.24) is 5.32 Å². The summed E-state index contributed by atoms with van der Waals surface area (Å²) in [5.74, 6) is 2.93. The molecule has 0 aliphatic heterocycles.